The van der Waals surface area contributed by atoms with Gasteiger partial charge in [-0.2, -0.15) is 5.26 Å². The molecule has 0 aromatic carbocycles. The van der Waals surface area contributed by atoms with Gasteiger partial charge in [0.1, 0.15) is 5.54 Å². The van der Waals surface area contributed by atoms with Gasteiger partial charge in [0.05, 0.1) is 19.3 Å². The number of likely N-dealkylation sites (tertiary alicyclic amines) is 1. The zero-order chi connectivity index (χ0) is 22.3. The predicted octanol–water partition coefficient (Wildman–Crippen LogP) is 2.53. The van der Waals surface area contributed by atoms with Crippen LogP contribution in [0.5, 0.6) is 0 Å². The zero-order valence-electron chi connectivity index (χ0n) is 19.1. The minimum absolute atomic E-state index is 0.178. The maximum absolute atomic E-state index is 13.1. The first-order chi connectivity index (χ1) is 14.9. The lowest BCUT2D eigenvalue weighted by molar-refractivity contribution is -0.132. The fourth-order valence-electron chi connectivity index (χ4n) is 4.90. The molecule has 2 saturated heterocycles. The van der Waals surface area contributed by atoms with Gasteiger partial charge in [-0.05, 0) is 37.5 Å². The topological polar surface area (TPSA) is 94.9 Å². The summed E-state index contributed by atoms with van der Waals surface area (Å²) in [6.07, 6.45) is 6.09. The van der Waals surface area contributed by atoms with Crippen molar-refractivity contribution in [1.29, 1.82) is 5.26 Å². The Bertz CT molecular complexity index is 652. The molecule has 2 atom stereocenters. The van der Waals surface area contributed by atoms with Crippen LogP contribution in [-0.4, -0.2) is 79.4 Å². The third kappa shape index (κ3) is 6.81. The highest BCUT2D eigenvalue weighted by Crippen LogP contribution is 2.28. The van der Waals surface area contributed by atoms with Gasteiger partial charge in [-0.3, -0.25) is 9.69 Å². The molecule has 2 heterocycles. The third-order valence-electron chi connectivity index (χ3n) is 6.66. The molecule has 1 saturated carbocycles. The van der Waals surface area contributed by atoms with E-state index in [0.29, 0.717) is 51.6 Å². The largest absolute Gasteiger partial charge is 0.436 e. The highest BCUT2D eigenvalue weighted by molar-refractivity contribution is 5.84. The van der Waals surface area contributed by atoms with Crippen molar-refractivity contribution in [2.75, 3.05) is 45.9 Å². The molecule has 0 aromatic rings. The van der Waals surface area contributed by atoms with E-state index in [1.54, 1.807) is 4.90 Å². The molecule has 1 N–H and O–H groups in total. The van der Waals surface area contributed by atoms with E-state index in [1.165, 1.54) is 32.1 Å². The van der Waals surface area contributed by atoms with E-state index < -0.39 is 17.7 Å². The van der Waals surface area contributed by atoms with Gasteiger partial charge in [0.15, 0.2) is 6.10 Å². The van der Waals surface area contributed by atoms with Crippen molar-refractivity contribution < 1.29 is 19.1 Å². The van der Waals surface area contributed by atoms with Crippen molar-refractivity contribution in [3.8, 4) is 6.07 Å². The summed E-state index contributed by atoms with van der Waals surface area (Å²) in [7, 11) is 0. The summed E-state index contributed by atoms with van der Waals surface area (Å²) in [5.41, 5.74) is -0.910. The Labute approximate surface area is 186 Å². The molecule has 3 rings (SSSR count). The number of ether oxygens (including phenoxy) is 2. The quantitative estimate of drug-likeness (QED) is 0.662. The molecule has 2 amide bonds. The van der Waals surface area contributed by atoms with E-state index in [9.17, 15) is 14.9 Å². The lowest BCUT2D eigenvalue weighted by Crippen LogP contribution is -2.54. The van der Waals surface area contributed by atoms with E-state index in [4.69, 9.17) is 9.47 Å². The Morgan fingerprint density at radius 3 is 2.55 bits per heavy atom. The molecule has 0 radical (unpaired) electrons. The molecule has 8 heteroatoms. The standard InChI is InChI=1S/C23H38N4O4/c1-18(2)14-20(31-22(29)27-10-12-30-13-11-27)21(28)25-23(16-24)8-9-26(17-23)15-19-6-4-3-5-7-19/h18-20H,3-15,17H2,1-2H3,(H,25,28)/t20-,23?/m0/s1. The molecule has 0 aromatic heterocycles. The van der Waals surface area contributed by atoms with E-state index in [2.05, 4.69) is 16.3 Å². The van der Waals surface area contributed by atoms with Crippen LogP contribution in [0.15, 0.2) is 0 Å². The number of hydrogen-bond acceptors (Lipinski definition) is 6. The normalized spacial score (nSPS) is 26.5. The second-order valence-corrected chi connectivity index (χ2v) is 9.77. The molecule has 31 heavy (non-hydrogen) atoms. The van der Waals surface area contributed by atoms with Crippen LogP contribution >= 0.6 is 0 Å². The molecule has 0 spiro atoms. The lowest BCUT2D eigenvalue weighted by atomic mass is 9.89. The van der Waals surface area contributed by atoms with Crippen molar-refractivity contribution in [3.05, 3.63) is 0 Å². The van der Waals surface area contributed by atoms with E-state index in [1.807, 2.05) is 13.8 Å². The molecule has 0 bridgehead atoms. The Morgan fingerprint density at radius 1 is 1.19 bits per heavy atom. The highest BCUT2D eigenvalue weighted by Gasteiger charge is 2.42. The van der Waals surface area contributed by atoms with Crippen LogP contribution in [0.3, 0.4) is 0 Å². The molecule has 3 aliphatic rings. The first-order valence-electron chi connectivity index (χ1n) is 11.9. The summed E-state index contributed by atoms with van der Waals surface area (Å²) in [4.78, 5) is 29.6. The van der Waals surface area contributed by atoms with Gasteiger partial charge in [-0.15, -0.1) is 0 Å². The Hall–Kier alpha value is -1.85. The summed E-state index contributed by atoms with van der Waals surface area (Å²) < 4.78 is 10.9. The summed E-state index contributed by atoms with van der Waals surface area (Å²) >= 11 is 0. The number of nitrogens with zero attached hydrogens (tertiary/aromatic N) is 3. The Balaban J connectivity index is 1.58. The van der Waals surface area contributed by atoms with Crippen molar-refractivity contribution in [3.63, 3.8) is 0 Å². The molecule has 2 aliphatic heterocycles. The summed E-state index contributed by atoms with van der Waals surface area (Å²) in [6.45, 7) is 8.22. The van der Waals surface area contributed by atoms with Crippen molar-refractivity contribution in [2.45, 2.75) is 70.4 Å². The van der Waals surface area contributed by atoms with Gasteiger partial charge in [0.2, 0.25) is 0 Å². The van der Waals surface area contributed by atoms with Gasteiger partial charge < -0.3 is 19.7 Å². The second kappa shape index (κ2) is 11.1. The van der Waals surface area contributed by atoms with Gasteiger partial charge in [-0.1, -0.05) is 33.1 Å². The van der Waals surface area contributed by atoms with Gasteiger partial charge >= 0.3 is 6.09 Å². The second-order valence-electron chi connectivity index (χ2n) is 9.77. The van der Waals surface area contributed by atoms with Crippen LogP contribution in [0.4, 0.5) is 4.79 Å². The van der Waals surface area contributed by atoms with Crippen LogP contribution in [-0.2, 0) is 14.3 Å². The molecular formula is C23H38N4O4. The first kappa shape index (κ1) is 23.8. The first-order valence-corrected chi connectivity index (χ1v) is 11.9. The van der Waals surface area contributed by atoms with Crippen LogP contribution in [0.1, 0.15) is 58.8 Å². The van der Waals surface area contributed by atoms with E-state index in [-0.39, 0.29) is 11.8 Å². The fraction of sp³-hybridized carbons (Fsp3) is 0.870. The van der Waals surface area contributed by atoms with Crippen LogP contribution in [0, 0.1) is 23.2 Å². The maximum atomic E-state index is 13.1. The number of hydrogen-bond donors (Lipinski definition) is 1. The molecule has 3 fully saturated rings. The van der Waals surface area contributed by atoms with E-state index in [0.717, 1.165) is 13.1 Å². The van der Waals surface area contributed by atoms with Crippen LogP contribution < -0.4 is 5.32 Å². The van der Waals surface area contributed by atoms with Crippen molar-refractivity contribution in [1.82, 2.24) is 15.1 Å². The van der Waals surface area contributed by atoms with Crippen LogP contribution in [0.25, 0.3) is 0 Å². The Kier molecular flexibility index (Phi) is 8.56. The lowest BCUT2D eigenvalue weighted by Gasteiger charge is -2.31. The number of carbonyl (C=O) groups is 2. The molecule has 174 valence electrons. The van der Waals surface area contributed by atoms with Gasteiger partial charge in [0.25, 0.3) is 5.91 Å². The van der Waals surface area contributed by atoms with Crippen molar-refractivity contribution in [2.24, 2.45) is 11.8 Å². The van der Waals surface area contributed by atoms with Crippen LogP contribution in [0.2, 0.25) is 0 Å². The average Bonchev–Trinajstić information content (AvgIpc) is 3.17. The monoisotopic (exact) mass is 434 g/mol. The smallest absolute Gasteiger partial charge is 0.410 e. The number of nitrogens with one attached hydrogen (secondary N) is 1. The molecule has 1 aliphatic carbocycles. The summed E-state index contributed by atoms with van der Waals surface area (Å²) in [5.74, 6) is 0.510. The fourth-order valence-corrected chi connectivity index (χ4v) is 4.90. The van der Waals surface area contributed by atoms with Crippen molar-refractivity contribution >= 4 is 12.0 Å². The van der Waals surface area contributed by atoms with E-state index >= 15 is 0 Å². The number of nitriles is 1. The van der Waals surface area contributed by atoms with Gasteiger partial charge in [0, 0.05) is 32.7 Å². The number of carbonyl (C=O) groups excluding carboxylic acids is 2. The Morgan fingerprint density at radius 2 is 1.90 bits per heavy atom. The summed E-state index contributed by atoms with van der Waals surface area (Å²) in [6, 6.07) is 2.36. The molecule has 8 nitrogen and oxygen atoms in total. The summed E-state index contributed by atoms with van der Waals surface area (Å²) in [5, 5.41) is 12.9. The zero-order valence-corrected chi connectivity index (χ0v) is 19.1. The minimum Gasteiger partial charge on any atom is -0.436 e. The highest BCUT2D eigenvalue weighted by atomic mass is 16.6. The third-order valence-corrected chi connectivity index (χ3v) is 6.66. The molecular weight excluding hydrogens is 396 g/mol. The van der Waals surface area contributed by atoms with Gasteiger partial charge in [-0.25, -0.2) is 4.79 Å². The minimum atomic E-state index is -0.910. The maximum Gasteiger partial charge on any atom is 0.410 e. The number of morpholine rings is 1. The SMILES string of the molecule is CC(C)C[C@H](OC(=O)N1CCOCC1)C(=O)NC1(C#N)CCN(CC2CCCCC2)C1. The predicted molar refractivity (Wildman–Crippen MR) is 116 cm³/mol. The molecule has 1 unspecified atom stereocenters. The number of amides is 2. The number of rotatable bonds is 7. The average molecular weight is 435 g/mol.